The fourth-order valence-electron chi connectivity index (χ4n) is 7.24. The summed E-state index contributed by atoms with van der Waals surface area (Å²) in [6, 6.07) is 0.358. The fraction of sp³-hybridized carbons (Fsp3) is 0.833. The highest BCUT2D eigenvalue weighted by atomic mass is 16.6. The Balaban J connectivity index is 1.31. The van der Waals surface area contributed by atoms with Crippen molar-refractivity contribution in [1.29, 1.82) is 0 Å². The molecule has 0 aromatic carbocycles. The van der Waals surface area contributed by atoms with Crippen molar-refractivity contribution in [2.45, 2.75) is 135 Å². The molecule has 0 bridgehead atoms. The molecule has 0 aromatic heterocycles. The Bertz CT molecular complexity index is 984. The molecule has 0 saturated carbocycles. The molecular weight excluding hydrogens is 570 g/mol. The molecule has 3 fully saturated rings. The van der Waals surface area contributed by atoms with Gasteiger partial charge >= 0.3 is 6.09 Å². The number of allylic oxidation sites excluding steroid dienone is 3. The minimum absolute atomic E-state index is 0.0267. The zero-order valence-electron chi connectivity index (χ0n) is 29.4. The lowest BCUT2D eigenvalue weighted by Gasteiger charge is -2.35. The highest BCUT2D eigenvalue weighted by molar-refractivity contribution is 5.75. The van der Waals surface area contributed by atoms with Crippen molar-refractivity contribution in [3.05, 3.63) is 23.8 Å². The first kappa shape index (κ1) is 37.5. The van der Waals surface area contributed by atoms with E-state index >= 15 is 0 Å². The smallest absolute Gasteiger partial charge is 0.409 e. The van der Waals surface area contributed by atoms with Gasteiger partial charge in [0.15, 0.2) is 0 Å². The van der Waals surface area contributed by atoms with Crippen LogP contribution in [0.25, 0.3) is 0 Å². The number of rotatable bonds is 18. The van der Waals surface area contributed by atoms with Crippen LogP contribution >= 0.6 is 0 Å². The third kappa shape index (κ3) is 11.7. The van der Waals surface area contributed by atoms with Crippen LogP contribution in [-0.4, -0.2) is 93.4 Å². The minimum Gasteiger partial charge on any atom is -0.449 e. The molecule has 258 valence electrons. The summed E-state index contributed by atoms with van der Waals surface area (Å²) in [6.45, 7) is 15.7. The first-order chi connectivity index (χ1) is 21.5. The lowest BCUT2D eigenvalue weighted by Crippen LogP contribution is -2.41. The van der Waals surface area contributed by atoms with Crippen LogP contribution < -0.4 is 10.6 Å². The number of likely N-dealkylation sites (tertiary alicyclic amines) is 1. The molecular formula is C36H63N3O6. The normalized spacial score (nSPS) is 30.7. The summed E-state index contributed by atoms with van der Waals surface area (Å²) in [6.07, 6.45) is 14.9. The monoisotopic (exact) mass is 633 g/mol. The van der Waals surface area contributed by atoms with Crippen molar-refractivity contribution in [1.82, 2.24) is 15.5 Å². The topological polar surface area (TPSA) is 102 Å². The maximum absolute atomic E-state index is 12.5. The molecule has 3 aliphatic rings. The first-order valence-electron chi connectivity index (χ1n) is 17.6. The summed E-state index contributed by atoms with van der Waals surface area (Å²) in [5, 5.41) is 6.28. The average molecular weight is 634 g/mol. The summed E-state index contributed by atoms with van der Waals surface area (Å²) in [5.74, 6) is 1.29. The van der Waals surface area contributed by atoms with Crippen LogP contribution in [0, 0.1) is 17.8 Å². The number of amides is 2. The number of hydrogen-bond donors (Lipinski definition) is 2. The summed E-state index contributed by atoms with van der Waals surface area (Å²) < 4.78 is 23.7. The largest absolute Gasteiger partial charge is 0.449 e. The second kappa shape index (κ2) is 18.4. The number of carbonyl (C=O) groups is 2. The van der Waals surface area contributed by atoms with Crippen LogP contribution in [0.2, 0.25) is 0 Å². The van der Waals surface area contributed by atoms with E-state index in [9.17, 15) is 9.59 Å². The maximum Gasteiger partial charge on any atom is 0.409 e. The number of likely N-dealkylation sites (N-methyl/N-ethyl adjacent to an activating group) is 1. The number of nitrogens with one attached hydrogen (secondary N) is 2. The summed E-state index contributed by atoms with van der Waals surface area (Å²) in [5.41, 5.74) is 1.14. The van der Waals surface area contributed by atoms with Crippen LogP contribution in [0.1, 0.15) is 99.3 Å². The molecule has 3 saturated heterocycles. The molecule has 2 N–H and O–H groups in total. The highest BCUT2D eigenvalue weighted by Gasteiger charge is 2.56. The van der Waals surface area contributed by atoms with E-state index in [1.165, 1.54) is 5.57 Å². The predicted molar refractivity (Wildman–Crippen MR) is 179 cm³/mol. The average Bonchev–Trinajstić information content (AvgIpc) is 3.43. The van der Waals surface area contributed by atoms with Gasteiger partial charge in [0, 0.05) is 45.1 Å². The molecule has 3 rings (SSSR count). The summed E-state index contributed by atoms with van der Waals surface area (Å²) in [4.78, 5) is 26.4. The quantitative estimate of drug-likeness (QED) is 0.108. The van der Waals surface area contributed by atoms with Gasteiger partial charge in [-0.05, 0) is 89.7 Å². The Kier molecular flexibility index (Phi) is 15.3. The highest BCUT2D eigenvalue weighted by Crippen LogP contribution is 2.47. The second-order valence-corrected chi connectivity index (χ2v) is 14.1. The van der Waals surface area contributed by atoms with Gasteiger partial charge < -0.3 is 34.5 Å². The summed E-state index contributed by atoms with van der Waals surface area (Å²) >= 11 is 0. The van der Waals surface area contributed by atoms with Gasteiger partial charge in [-0.15, -0.1) is 0 Å². The van der Waals surface area contributed by atoms with E-state index in [-0.39, 0.29) is 42.0 Å². The maximum atomic E-state index is 12.5. The van der Waals surface area contributed by atoms with Crippen molar-refractivity contribution in [2.24, 2.45) is 17.8 Å². The molecule has 1 unspecified atom stereocenters. The zero-order chi connectivity index (χ0) is 33.0. The molecule has 9 nitrogen and oxygen atoms in total. The van der Waals surface area contributed by atoms with Crippen LogP contribution in [0.4, 0.5) is 4.79 Å². The number of unbranched alkanes of at least 4 members (excludes halogenated alkanes) is 2. The van der Waals surface area contributed by atoms with E-state index in [4.69, 9.17) is 18.9 Å². The van der Waals surface area contributed by atoms with Crippen molar-refractivity contribution in [3.63, 3.8) is 0 Å². The molecule has 0 aliphatic carbocycles. The Labute approximate surface area is 273 Å². The van der Waals surface area contributed by atoms with Crippen LogP contribution in [0.3, 0.4) is 0 Å². The third-order valence-electron chi connectivity index (χ3n) is 10.1. The third-order valence-corrected chi connectivity index (χ3v) is 10.1. The van der Waals surface area contributed by atoms with Crippen molar-refractivity contribution in [3.8, 4) is 0 Å². The molecule has 0 radical (unpaired) electrons. The number of carbonyl (C=O) groups excluding carboxylic acids is 2. The van der Waals surface area contributed by atoms with Gasteiger partial charge in [-0.25, -0.2) is 4.79 Å². The fourth-order valence-corrected chi connectivity index (χ4v) is 7.24. The van der Waals surface area contributed by atoms with Gasteiger partial charge in [-0.3, -0.25) is 4.79 Å². The van der Waals surface area contributed by atoms with E-state index in [2.05, 4.69) is 70.4 Å². The number of nitrogens with zero attached hydrogens (tertiary/aromatic N) is 1. The number of epoxide rings is 1. The molecule has 3 heterocycles. The van der Waals surface area contributed by atoms with E-state index in [1.54, 1.807) is 12.0 Å². The molecule has 9 heteroatoms. The minimum atomic E-state index is -0.230. The SMILES string of the molecule is CC[C@H](OC)[C@@H](C)[C@H]1O[C@]1(C)C[C@H](C)/C=C/C=C(\C)[C@H]1O[C@@H](CNC(=O)CCCCCOC(=O)N2CCC(NC)C2)CC[C@@H]1C. The van der Waals surface area contributed by atoms with E-state index in [0.29, 0.717) is 49.9 Å². The molecule has 0 spiro atoms. The molecule has 0 aromatic rings. The second-order valence-electron chi connectivity index (χ2n) is 14.1. The van der Waals surface area contributed by atoms with E-state index in [0.717, 1.165) is 57.9 Å². The standard InChI is InChI=1S/C36H63N3O6/c1-9-31(42-8)28(5)34-36(6,45-34)22-25(2)14-13-15-26(3)33-27(4)17-18-30(44-33)23-38-32(40)16-11-10-12-21-43-35(41)39-20-19-29(24-39)37-7/h13-15,25,27-31,33-34,37H,9-12,16-24H2,1-8H3,(H,38,40)/b14-13+,26-15+/t25-,27+,28-,29?,30-,31+,33-,34-,36-/m1/s1. The molecule has 45 heavy (non-hydrogen) atoms. The van der Waals surface area contributed by atoms with Gasteiger partial charge in [0.1, 0.15) is 0 Å². The Hall–Kier alpha value is -1.94. The number of ether oxygens (including phenoxy) is 4. The number of methoxy groups -OCH3 is 1. The van der Waals surface area contributed by atoms with Gasteiger partial charge in [-0.1, -0.05) is 45.9 Å². The van der Waals surface area contributed by atoms with Gasteiger partial charge in [0.05, 0.1) is 36.6 Å². The van der Waals surface area contributed by atoms with Gasteiger partial charge in [0.25, 0.3) is 0 Å². The Morgan fingerprint density at radius 2 is 1.93 bits per heavy atom. The van der Waals surface area contributed by atoms with Crippen molar-refractivity contribution in [2.75, 3.05) is 40.4 Å². The Morgan fingerprint density at radius 3 is 2.62 bits per heavy atom. The molecule has 3 aliphatic heterocycles. The first-order valence-corrected chi connectivity index (χ1v) is 17.6. The van der Waals surface area contributed by atoms with Gasteiger partial charge in [0.2, 0.25) is 5.91 Å². The molecule has 2 amide bonds. The van der Waals surface area contributed by atoms with Crippen LogP contribution in [-0.2, 0) is 23.7 Å². The van der Waals surface area contributed by atoms with Crippen molar-refractivity contribution < 1.29 is 28.5 Å². The van der Waals surface area contributed by atoms with Crippen molar-refractivity contribution >= 4 is 12.0 Å². The Morgan fingerprint density at radius 1 is 1.16 bits per heavy atom. The lowest BCUT2D eigenvalue weighted by molar-refractivity contribution is -0.123. The van der Waals surface area contributed by atoms with Gasteiger partial charge in [-0.2, -0.15) is 0 Å². The van der Waals surface area contributed by atoms with Crippen LogP contribution in [0.15, 0.2) is 23.8 Å². The number of hydrogen-bond acceptors (Lipinski definition) is 7. The summed E-state index contributed by atoms with van der Waals surface area (Å²) in [7, 11) is 3.71. The van der Waals surface area contributed by atoms with E-state index < -0.39 is 0 Å². The zero-order valence-corrected chi connectivity index (χ0v) is 29.4. The van der Waals surface area contributed by atoms with E-state index in [1.807, 2.05) is 7.05 Å². The lowest BCUT2D eigenvalue weighted by atomic mass is 9.86. The predicted octanol–water partition coefficient (Wildman–Crippen LogP) is 6.02. The molecule has 9 atom stereocenters. The van der Waals surface area contributed by atoms with Crippen LogP contribution in [0.5, 0.6) is 0 Å².